The number of halogens is 1. The van der Waals surface area contributed by atoms with Gasteiger partial charge in [0.2, 0.25) is 0 Å². The molecule has 1 amide bonds. The van der Waals surface area contributed by atoms with E-state index in [2.05, 4.69) is 5.32 Å². The maximum absolute atomic E-state index is 13.6. The summed E-state index contributed by atoms with van der Waals surface area (Å²) in [6, 6.07) is 10.4. The molecular weight excluding hydrogens is 269 g/mol. The second-order valence-corrected chi connectivity index (χ2v) is 5.14. The molecule has 0 spiro atoms. The van der Waals surface area contributed by atoms with Crippen LogP contribution < -0.4 is 10.1 Å². The standard InChI is InChI=1S/C17H18FNO2/c1-11-4-5-16(15(18)9-11)19-17(20)10-21-14-7-12(2)6-13(3)8-14/h4-9H,10H2,1-3H3,(H,19,20). The molecule has 0 fully saturated rings. The molecule has 2 aromatic rings. The maximum Gasteiger partial charge on any atom is 0.262 e. The molecule has 110 valence electrons. The lowest BCUT2D eigenvalue weighted by Crippen LogP contribution is -2.20. The van der Waals surface area contributed by atoms with E-state index in [9.17, 15) is 9.18 Å². The summed E-state index contributed by atoms with van der Waals surface area (Å²) < 4.78 is 19.1. The van der Waals surface area contributed by atoms with Crippen LogP contribution in [0.1, 0.15) is 16.7 Å². The van der Waals surface area contributed by atoms with Gasteiger partial charge in [0.05, 0.1) is 5.69 Å². The zero-order valence-electron chi connectivity index (χ0n) is 12.4. The summed E-state index contributed by atoms with van der Waals surface area (Å²) in [6.45, 7) is 5.55. The molecular formula is C17H18FNO2. The molecule has 4 heteroatoms. The van der Waals surface area contributed by atoms with Crippen LogP contribution in [0.2, 0.25) is 0 Å². The smallest absolute Gasteiger partial charge is 0.262 e. The SMILES string of the molecule is Cc1cc(C)cc(OCC(=O)Nc2ccc(C)cc2F)c1. The van der Waals surface area contributed by atoms with Crippen molar-refractivity contribution in [1.29, 1.82) is 0 Å². The molecule has 0 radical (unpaired) electrons. The number of benzene rings is 2. The minimum Gasteiger partial charge on any atom is -0.484 e. The van der Waals surface area contributed by atoms with E-state index in [0.717, 1.165) is 16.7 Å². The topological polar surface area (TPSA) is 38.3 Å². The van der Waals surface area contributed by atoms with Gasteiger partial charge in [-0.2, -0.15) is 0 Å². The van der Waals surface area contributed by atoms with E-state index < -0.39 is 11.7 Å². The lowest BCUT2D eigenvalue weighted by molar-refractivity contribution is -0.118. The molecule has 0 bridgehead atoms. The van der Waals surface area contributed by atoms with Crippen LogP contribution in [0.25, 0.3) is 0 Å². The van der Waals surface area contributed by atoms with Gasteiger partial charge in [-0.15, -0.1) is 0 Å². The Kier molecular flexibility index (Phi) is 4.58. The van der Waals surface area contributed by atoms with Crippen LogP contribution in [0.4, 0.5) is 10.1 Å². The van der Waals surface area contributed by atoms with Crippen LogP contribution in [0, 0.1) is 26.6 Å². The van der Waals surface area contributed by atoms with Crippen molar-refractivity contribution in [3.8, 4) is 5.75 Å². The first-order chi connectivity index (χ1) is 9.94. The number of carbonyl (C=O) groups excluding carboxylic acids is 1. The highest BCUT2D eigenvalue weighted by atomic mass is 19.1. The number of carbonyl (C=O) groups is 1. The lowest BCUT2D eigenvalue weighted by Gasteiger charge is -2.10. The second-order valence-electron chi connectivity index (χ2n) is 5.14. The van der Waals surface area contributed by atoms with Gasteiger partial charge in [0.15, 0.2) is 6.61 Å². The van der Waals surface area contributed by atoms with Gasteiger partial charge in [0.25, 0.3) is 5.91 Å². The van der Waals surface area contributed by atoms with E-state index >= 15 is 0 Å². The minimum atomic E-state index is -0.449. The molecule has 2 rings (SSSR count). The lowest BCUT2D eigenvalue weighted by atomic mass is 10.1. The van der Waals surface area contributed by atoms with Crippen molar-refractivity contribution in [2.45, 2.75) is 20.8 Å². The summed E-state index contributed by atoms with van der Waals surface area (Å²) in [4.78, 5) is 11.8. The van der Waals surface area contributed by atoms with Crippen molar-refractivity contribution in [1.82, 2.24) is 0 Å². The molecule has 0 unspecified atom stereocenters. The number of hydrogen-bond donors (Lipinski definition) is 1. The molecule has 3 nitrogen and oxygen atoms in total. The first-order valence-electron chi connectivity index (χ1n) is 6.71. The Morgan fingerprint density at radius 1 is 1.05 bits per heavy atom. The Morgan fingerprint density at radius 2 is 1.71 bits per heavy atom. The first-order valence-corrected chi connectivity index (χ1v) is 6.71. The maximum atomic E-state index is 13.6. The van der Waals surface area contributed by atoms with E-state index in [1.165, 1.54) is 6.07 Å². The summed E-state index contributed by atoms with van der Waals surface area (Å²) in [5.74, 6) is -0.210. The Morgan fingerprint density at radius 3 is 2.33 bits per heavy atom. The molecule has 2 aromatic carbocycles. The summed E-state index contributed by atoms with van der Waals surface area (Å²) in [5.41, 5.74) is 3.09. The molecule has 0 saturated carbocycles. The fourth-order valence-electron chi connectivity index (χ4n) is 2.07. The van der Waals surface area contributed by atoms with Crippen molar-refractivity contribution in [3.05, 3.63) is 58.9 Å². The van der Waals surface area contributed by atoms with Gasteiger partial charge in [-0.25, -0.2) is 4.39 Å². The summed E-state index contributed by atoms with van der Waals surface area (Å²) in [7, 11) is 0. The highest BCUT2D eigenvalue weighted by molar-refractivity contribution is 5.92. The van der Waals surface area contributed by atoms with E-state index in [1.54, 1.807) is 19.1 Å². The van der Waals surface area contributed by atoms with Crippen molar-refractivity contribution in [2.24, 2.45) is 0 Å². The zero-order valence-corrected chi connectivity index (χ0v) is 12.4. The van der Waals surface area contributed by atoms with Crippen molar-refractivity contribution < 1.29 is 13.9 Å². The van der Waals surface area contributed by atoms with Crippen LogP contribution in [0.3, 0.4) is 0 Å². The highest BCUT2D eigenvalue weighted by Gasteiger charge is 2.08. The number of aryl methyl sites for hydroxylation is 3. The third kappa shape index (κ3) is 4.31. The van der Waals surface area contributed by atoms with E-state index in [0.29, 0.717) is 5.75 Å². The van der Waals surface area contributed by atoms with E-state index in [1.807, 2.05) is 32.0 Å². The zero-order chi connectivity index (χ0) is 15.4. The Hall–Kier alpha value is -2.36. The van der Waals surface area contributed by atoms with Gasteiger partial charge >= 0.3 is 0 Å². The fraction of sp³-hybridized carbons (Fsp3) is 0.235. The average molecular weight is 287 g/mol. The molecule has 0 aromatic heterocycles. The van der Waals surface area contributed by atoms with E-state index in [-0.39, 0.29) is 12.3 Å². The number of anilines is 1. The van der Waals surface area contributed by atoms with Crippen molar-refractivity contribution in [3.63, 3.8) is 0 Å². The van der Waals surface area contributed by atoms with Gasteiger partial charge < -0.3 is 10.1 Å². The summed E-state index contributed by atoms with van der Waals surface area (Å²) >= 11 is 0. The fourth-order valence-corrected chi connectivity index (χ4v) is 2.07. The van der Waals surface area contributed by atoms with Gasteiger partial charge in [0, 0.05) is 0 Å². The largest absolute Gasteiger partial charge is 0.484 e. The average Bonchev–Trinajstić information content (AvgIpc) is 2.39. The number of rotatable bonds is 4. The Labute approximate surface area is 123 Å². The van der Waals surface area contributed by atoms with Gasteiger partial charge in [-0.1, -0.05) is 12.1 Å². The van der Waals surface area contributed by atoms with Crippen LogP contribution in [-0.4, -0.2) is 12.5 Å². The van der Waals surface area contributed by atoms with Crippen molar-refractivity contribution in [2.75, 3.05) is 11.9 Å². The number of ether oxygens (including phenoxy) is 1. The third-order valence-corrected chi connectivity index (χ3v) is 2.96. The van der Waals surface area contributed by atoms with Crippen LogP contribution in [0.5, 0.6) is 5.75 Å². The predicted octanol–water partition coefficient (Wildman–Crippen LogP) is 3.77. The summed E-state index contributed by atoms with van der Waals surface area (Å²) in [5, 5.41) is 2.50. The minimum absolute atomic E-state index is 0.157. The first kappa shape index (κ1) is 15.0. The Bertz CT molecular complexity index is 648. The van der Waals surface area contributed by atoms with Crippen molar-refractivity contribution >= 4 is 11.6 Å². The molecule has 0 heterocycles. The second kappa shape index (κ2) is 6.39. The van der Waals surface area contributed by atoms with E-state index in [4.69, 9.17) is 4.74 Å². The molecule has 0 aliphatic rings. The molecule has 0 aliphatic heterocycles. The van der Waals surface area contributed by atoms with Gasteiger partial charge in [-0.3, -0.25) is 4.79 Å². The third-order valence-electron chi connectivity index (χ3n) is 2.96. The monoisotopic (exact) mass is 287 g/mol. The van der Waals surface area contributed by atoms with Crippen LogP contribution in [-0.2, 0) is 4.79 Å². The predicted molar refractivity (Wildman–Crippen MR) is 81.2 cm³/mol. The van der Waals surface area contributed by atoms with Gasteiger partial charge in [0.1, 0.15) is 11.6 Å². The molecule has 1 N–H and O–H groups in total. The molecule has 21 heavy (non-hydrogen) atoms. The molecule has 0 atom stereocenters. The number of amides is 1. The number of nitrogens with one attached hydrogen (secondary N) is 1. The number of hydrogen-bond acceptors (Lipinski definition) is 2. The normalized spacial score (nSPS) is 10.3. The van der Waals surface area contributed by atoms with Crippen LogP contribution >= 0.6 is 0 Å². The molecule has 0 saturated heterocycles. The quantitative estimate of drug-likeness (QED) is 0.929. The molecule has 0 aliphatic carbocycles. The van der Waals surface area contributed by atoms with Gasteiger partial charge in [-0.05, 0) is 61.7 Å². The highest BCUT2D eigenvalue weighted by Crippen LogP contribution is 2.17. The van der Waals surface area contributed by atoms with Crippen LogP contribution in [0.15, 0.2) is 36.4 Å². The Balaban J connectivity index is 1.95. The summed E-state index contributed by atoms with van der Waals surface area (Å²) in [6.07, 6.45) is 0.